The molecule has 5 N–H and O–H groups in total. The van der Waals surface area contributed by atoms with E-state index in [1.165, 1.54) is 43.8 Å². The lowest BCUT2D eigenvalue weighted by Crippen LogP contribution is -2.24. The number of carbonyl (C=O) groups is 3. The molecule has 77 heavy (non-hydrogen) atoms. The molecule has 8 rings (SSSR count). The average molecular weight is 1080 g/mol. The van der Waals surface area contributed by atoms with E-state index in [-0.39, 0.29) is 30.4 Å². The predicted octanol–water partition coefficient (Wildman–Crippen LogP) is 10.7. The van der Waals surface area contributed by atoms with E-state index in [0.29, 0.717) is 80.4 Å². The van der Waals surface area contributed by atoms with Gasteiger partial charge in [0.1, 0.15) is 6.29 Å². The first-order valence-electron chi connectivity index (χ1n) is 29.0. The van der Waals surface area contributed by atoms with Gasteiger partial charge in [0.2, 0.25) is 0 Å². The number of aliphatic hydroxyl groups excluding tert-OH is 5. The Balaban J connectivity index is 0.000000255. The van der Waals surface area contributed by atoms with Crippen molar-refractivity contribution in [1.29, 1.82) is 0 Å². The Bertz CT molecular complexity index is 1830. The molecule has 3 aromatic carbocycles. The van der Waals surface area contributed by atoms with Crippen LogP contribution in [-0.2, 0) is 57.9 Å². The number of esters is 2. The van der Waals surface area contributed by atoms with Gasteiger partial charge in [-0.2, -0.15) is 0 Å². The number of ether oxygens (including phenoxy) is 5. The molecule has 0 radical (unpaired) electrons. The van der Waals surface area contributed by atoms with E-state index >= 15 is 0 Å². The van der Waals surface area contributed by atoms with Gasteiger partial charge in [0, 0.05) is 59.3 Å². The molecule has 0 spiro atoms. The van der Waals surface area contributed by atoms with Gasteiger partial charge in [0.25, 0.3) is 0 Å². The molecule has 5 saturated carbocycles. The molecular weight excluding hydrogens is 977 g/mol. The van der Waals surface area contributed by atoms with Crippen molar-refractivity contribution in [2.45, 2.75) is 148 Å². The van der Waals surface area contributed by atoms with Gasteiger partial charge < -0.3 is 54.0 Å². The van der Waals surface area contributed by atoms with Gasteiger partial charge in [0.15, 0.2) is 0 Å². The Kier molecular flexibility index (Phi) is 37.4. The molecule has 13 heteroatoms. The second-order valence-corrected chi connectivity index (χ2v) is 21.9. The maximum Gasteiger partial charge on any atom is 0.308 e. The Hall–Kier alpha value is -4.05. The Morgan fingerprint density at radius 3 is 0.870 bits per heavy atom. The van der Waals surface area contributed by atoms with Gasteiger partial charge in [-0.3, -0.25) is 9.59 Å². The molecular formula is C64H100O13. The van der Waals surface area contributed by atoms with E-state index in [1.807, 2.05) is 54.6 Å². The number of methoxy groups -OCH3 is 2. The fourth-order valence-corrected chi connectivity index (χ4v) is 10.9. The van der Waals surface area contributed by atoms with E-state index in [4.69, 9.17) is 44.5 Å². The lowest BCUT2D eigenvalue weighted by atomic mass is 9.82. The predicted molar refractivity (Wildman–Crippen MR) is 302 cm³/mol. The van der Waals surface area contributed by atoms with Crippen LogP contribution in [0.5, 0.6) is 0 Å². The first-order valence-corrected chi connectivity index (χ1v) is 29.0. The Morgan fingerprint density at radius 1 is 0.390 bits per heavy atom. The summed E-state index contributed by atoms with van der Waals surface area (Å²) >= 11 is 0. The van der Waals surface area contributed by atoms with Crippen LogP contribution in [0, 0.1) is 59.2 Å². The van der Waals surface area contributed by atoms with Crippen molar-refractivity contribution in [1.82, 2.24) is 0 Å². The molecule has 5 aliphatic carbocycles. The summed E-state index contributed by atoms with van der Waals surface area (Å²) in [6.45, 7) is 5.88. The first kappa shape index (κ1) is 67.2. The highest BCUT2D eigenvalue weighted by atomic mass is 16.5. The molecule has 0 bridgehead atoms. The topological polar surface area (TPSA) is 199 Å². The maximum atomic E-state index is 11.4. The van der Waals surface area contributed by atoms with E-state index < -0.39 is 0 Å². The molecule has 5 fully saturated rings. The minimum atomic E-state index is -0.0913. The average Bonchev–Trinajstić information content (AvgIpc) is 3.51. The van der Waals surface area contributed by atoms with Crippen molar-refractivity contribution in [2.24, 2.45) is 59.2 Å². The zero-order valence-electron chi connectivity index (χ0n) is 47.2. The van der Waals surface area contributed by atoms with Crippen LogP contribution >= 0.6 is 0 Å². The molecule has 0 aromatic heterocycles. The van der Waals surface area contributed by atoms with Crippen LogP contribution in [0.15, 0.2) is 91.0 Å². The summed E-state index contributed by atoms with van der Waals surface area (Å²) in [7, 11) is 3.90. The molecule has 0 atom stereocenters. The van der Waals surface area contributed by atoms with Gasteiger partial charge in [-0.25, -0.2) is 0 Å². The van der Waals surface area contributed by atoms with Crippen LogP contribution in [0.3, 0.4) is 0 Å². The second kappa shape index (κ2) is 42.8. The van der Waals surface area contributed by atoms with E-state index in [0.717, 1.165) is 155 Å². The molecule has 434 valence electrons. The van der Waals surface area contributed by atoms with E-state index in [2.05, 4.69) is 41.1 Å². The SMILES string of the molecule is CO.COC(=O)C1CCC(CO)CC1.COC(=O)C1CCC(COCc2ccccc2)CC1.O=CC1CCC(COCc2ccccc2)CC1.OCC1CCC(CO)CC1.OCC1CCC(COCc2ccccc2)CC1. The maximum absolute atomic E-state index is 11.4. The minimum Gasteiger partial charge on any atom is -0.469 e. The lowest BCUT2D eigenvalue weighted by molar-refractivity contribution is -0.147. The van der Waals surface area contributed by atoms with Crippen molar-refractivity contribution in [3.05, 3.63) is 108 Å². The summed E-state index contributed by atoms with van der Waals surface area (Å²) in [5, 5.41) is 42.5. The molecule has 5 aliphatic rings. The van der Waals surface area contributed by atoms with Crippen LogP contribution < -0.4 is 0 Å². The van der Waals surface area contributed by atoms with Crippen molar-refractivity contribution in [3.8, 4) is 0 Å². The van der Waals surface area contributed by atoms with Crippen LogP contribution in [0.1, 0.15) is 145 Å². The van der Waals surface area contributed by atoms with Crippen molar-refractivity contribution >= 4 is 18.2 Å². The smallest absolute Gasteiger partial charge is 0.308 e. The van der Waals surface area contributed by atoms with Gasteiger partial charge in [0.05, 0.1) is 45.9 Å². The molecule has 13 nitrogen and oxygen atoms in total. The standard InChI is InChI=1S/C16H22O3.C15H22O2.C15H20O2.C9H16O3.C8H16O2.CH4O/c1-18-16(17)15-9-7-14(8-10-15)12-19-11-13-5-3-2-4-6-13;2*16-10-13-6-8-15(9-7-13)12-17-11-14-4-2-1-3-5-14;1-12-9(11)8-4-2-7(6-10)3-5-8;9-5-7-1-2-8(6-10)4-3-7;1-2/h2-6,14-15H,7-12H2,1H3;1-5,13,15-16H,6-12H2;1-5,10,13,15H,6-9,11-12H2;7-8,10H,2-6H2,1H3;7-10H,1-6H2;2H,1H3. The van der Waals surface area contributed by atoms with Crippen LogP contribution in [0.25, 0.3) is 0 Å². The monoisotopic (exact) mass is 1080 g/mol. The number of rotatable bonds is 19. The van der Waals surface area contributed by atoms with Crippen molar-refractivity contribution in [2.75, 3.05) is 67.6 Å². The first-order chi connectivity index (χ1) is 37.7. The molecule has 0 saturated heterocycles. The van der Waals surface area contributed by atoms with Gasteiger partial charge in [-0.05, 0) is 187 Å². The van der Waals surface area contributed by atoms with Crippen LogP contribution in [-0.4, -0.2) is 111 Å². The number of benzene rings is 3. The summed E-state index contributed by atoms with van der Waals surface area (Å²) < 4.78 is 26.7. The number of aliphatic hydroxyl groups is 5. The summed E-state index contributed by atoms with van der Waals surface area (Å²) in [5.41, 5.74) is 3.69. The zero-order valence-corrected chi connectivity index (χ0v) is 47.2. The summed E-state index contributed by atoms with van der Waals surface area (Å²) in [6, 6.07) is 30.8. The van der Waals surface area contributed by atoms with Crippen LogP contribution in [0.4, 0.5) is 0 Å². The van der Waals surface area contributed by atoms with Gasteiger partial charge in [-0.15, -0.1) is 0 Å². The second-order valence-electron chi connectivity index (χ2n) is 21.9. The summed E-state index contributed by atoms with van der Waals surface area (Å²) in [6.07, 6.45) is 22.3. The highest BCUT2D eigenvalue weighted by Gasteiger charge is 2.28. The van der Waals surface area contributed by atoms with Gasteiger partial charge in [-0.1, -0.05) is 91.0 Å². The fraction of sp³-hybridized carbons (Fsp3) is 0.672. The molecule has 3 aromatic rings. The number of aldehydes is 1. The third-order valence-corrected chi connectivity index (χ3v) is 16.2. The highest BCUT2D eigenvalue weighted by Crippen LogP contribution is 2.32. The normalized spacial score (nSPS) is 25.7. The third-order valence-electron chi connectivity index (χ3n) is 16.2. The van der Waals surface area contributed by atoms with Gasteiger partial charge >= 0.3 is 11.9 Å². The quantitative estimate of drug-likeness (QED) is 0.0562. The molecule has 0 aliphatic heterocycles. The number of hydrogen-bond donors (Lipinski definition) is 5. The molecule has 0 amide bonds. The summed E-state index contributed by atoms with van der Waals surface area (Å²) in [5.74, 6) is 4.27. The largest absolute Gasteiger partial charge is 0.469 e. The fourth-order valence-electron chi connectivity index (χ4n) is 10.9. The lowest BCUT2D eigenvalue weighted by Gasteiger charge is -2.27. The molecule has 0 heterocycles. The Morgan fingerprint density at radius 2 is 0.623 bits per heavy atom. The Labute approximate surface area is 462 Å². The van der Waals surface area contributed by atoms with Crippen molar-refractivity contribution < 1.29 is 63.6 Å². The van der Waals surface area contributed by atoms with Crippen LogP contribution in [0.2, 0.25) is 0 Å². The van der Waals surface area contributed by atoms with E-state index in [1.54, 1.807) is 0 Å². The number of hydrogen-bond acceptors (Lipinski definition) is 13. The zero-order chi connectivity index (χ0) is 55.7. The summed E-state index contributed by atoms with van der Waals surface area (Å²) in [4.78, 5) is 33.1. The third kappa shape index (κ3) is 29.1. The number of carbonyl (C=O) groups excluding carboxylic acids is 3. The highest BCUT2D eigenvalue weighted by molar-refractivity contribution is 5.72. The molecule has 0 unspecified atom stereocenters. The minimum absolute atomic E-state index is 0.0522. The van der Waals surface area contributed by atoms with E-state index in [9.17, 15) is 14.4 Å². The van der Waals surface area contributed by atoms with Crippen molar-refractivity contribution in [3.63, 3.8) is 0 Å².